The average Bonchev–Trinajstić information content (AvgIpc) is 2.49. The van der Waals surface area contributed by atoms with Crippen LogP contribution < -0.4 is 15.4 Å². The van der Waals surface area contributed by atoms with E-state index in [1.165, 1.54) is 6.20 Å². The molecule has 0 spiro atoms. The molecule has 0 unspecified atom stereocenters. The van der Waals surface area contributed by atoms with Crippen LogP contribution in [-0.2, 0) is 0 Å². The van der Waals surface area contributed by atoms with Gasteiger partial charge in [-0.1, -0.05) is 23.7 Å². The fourth-order valence-electron chi connectivity index (χ4n) is 1.79. The number of hydrogen-bond acceptors (Lipinski definition) is 4. The van der Waals surface area contributed by atoms with Gasteiger partial charge in [-0.2, -0.15) is 0 Å². The number of para-hydroxylation sites is 1. The third-order valence-corrected chi connectivity index (χ3v) is 3.13. The Morgan fingerprint density at radius 2 is 2.00 bits per heavy atom. The van der Waals surface area contributed by atoms with E-state index in [0.29, 0.717) is 22.2 Å². The molecule has 23 heavy (non-hydrogen) atoms. The second-order valence-corrected chi connectivity index (χ2v) is 5.74. The van der Waals surface area contributed by atoms with Crippen LogP contribution in [0.5, 0.6) is 5.75 Å². The van der Waals surface area contributed by atoms with Crippen molar-refractivity contribution < 1.29 is 9.53 Å². The molecule has 2 rings (SSSR count). The third-order valence-electron chi connectivity index (χ3n) is 2.71. The van der Waals surface area contributed by atoms with Crippen LogP contribution in [0.2, 0.25) is 5.15 Å². The molecule has 0 atom stereocenters. The van der Waals surface area contributed by atoms with E-state index in [1.807, 2.05) is 19.9 Å². The van der Waals surface area contributed by atoms with Crippen LogP contribution in [0, 0.1) is 0 Å². The highest BCUT2D eigenvalue weighted by atomic mass is 35.5. The van der Waals surface area contributed by atoms with Gasteiger partial charge in [0, 0.05) is 0 Å². The van der Waals surface area contributed by atoms with Crippen LogP contribution in [-0.4, -0.2) is 22.1 Å². The summed E-state index contributed by atoms with van der Waals surface area (Å²) in [6, 6.07) is 10.3. The lowest BCUT2D eigenvalue weighted by atomic mass is 10.2. The number of pyridine rings is 1. The zero-order valence-electron chi connectivity index (χ0n) is 12.7. The molecule has 1 aromatic heterocycles. The molecule has 1 amide bonds. The first-order chi connectivity index (χ1) is 11.0. The maximum atomic E-state index is 12.3. The minimum Gasteiger partial charge on any atom is -0.490 e. The zero-order valence-corrected chi connectivity index (χ0v) is 14.2. The molecule has 2 aromatic rings. The summed E-state index contributed by atoms with van der Waals surface area (Å²) in [5, 5.41) is 6.03. The fourth-order valence-corrected chi connectivity index (χ4v) is 2.12. The molecule has 0 saturated carbocycles. The lowest BCUT2D eigenvalue weighted by Gasteiger charge is -2.14. The molecule has 0 aliphatic rings. The van der Waals surface area contributed by atoms with Gasteiger partial charge in [-0.3, -0.25) is 10.1 Å². The van der Waals surface area contributed by atoms with E-state index < -0.39 is 0 Å². The van der Waals surface area contributed by atoms with Crippen LogP contribution in [0.25, 0.3) is 0 Å². The second-order valence-electron chi connectivity index (χ2n) is 4.94. The number of aromatic nitrogens is 1. The zero-order chi connectivity index (χ0) is 16.8. The van der Waals surface area contributed by atoms with Gasteiger partial charge >= 0.3 is 0 Å². The maximum absolute atomic E-state index is 12.3. The van der Waals surface area contributed by atoms with Crippen molar-refractivity contribution in [1.29, 1.82) is 0 Å². The van der Waals surface area contributed by atoms with E-state index in [1.54, 1.807) is 30.3 Å². The monoisotopic (exact) mass is 349 g/mol. The lowest BCUT2D eigenvalue weighted by molar-refractivity contribution is 0.0972. The van der Waals surface area contributed by atoms with Crippen LogP contribution in [0.1, 0.15) is 24.2 Å². The number of amides is 1. The van der Waals surface area contributed by atoms with Crippen molar-refractivity contribution in [2.45, 2.75) is 20.0 Å². The van der Waals surface area contributed by atoms with Crippen molar-refractivity contribution >= 4 is 40.5 Å². The standard InChI is InChI=1S/C16H16ClN3O2S/c1-10(2)22-13-6-4-3-5-12(13)15(21)20-16(23)19-11-7-8-14(17)18-9-11/h3-10H,1-2H3,(H2,19,20,21,23). The summed E-state index contributed by atoms with van der Waals surface area (Å²) in [5.41, 5.74) is 1.05. The number of carbonyl (C=O) groups is 1. The van der Waals surface area contributed by atoms with E-state index >= 15 is 0 Å². The van der Waals surface area contributed by atoms with Gasteiger partial charge in [0.1, 0.15) is 10.9 Å². The minimum atomic E-state index is -0.347. The molecule has 5 nitrogen and oxygen atoms in total. The molecule has 7 heteroatoms. The Morgan fingerprint density at radius 3 is 2.65 bits per heavy atom. The maximum Gasteiger partial charge on any atom is 0.261 e. The largest absolute Gasteiger partial charge is 0.490 e. The Labute approximate surface area is 145 Å². The summed E-state index contributed by atoms with van der Waals surface area (Å²) in [4.78, 5) is 16.3. The van der Waals surface area contributed by atoms with Crippen molar-refractivity contribution in [1.82, 2.24) is 10.3 Å². The Kier molecular flexibility index (Phi) is 5.90. The first-order valence-corrected chi connectivity index (χ1v) is 7.74. The number of nitrogens with one attached hydrogen (secondary N) is 2. The minimum absolute atomic E-state index is 0.0332. The van der Waals surface area contributed by atoms with E-state index in [0.717, 1.165) is 0 Å². The Bertz CT molecular complexity index is 705. The Hall–Kier alpha value is -2.18. The van der Waals surface area contributed by atoms with Gasteiger partial charge in [0.05, 0.1) is 23.6 Å². The molecule has 0 bridgehead atoms. The van der Waals surface area contributed by atoms with Crippen molar-refractivity contribution in [3.8, 4) is 5.75 Å². The number of hydrogen-bond donors (Lipinski definition) is 2. The SMILES string of the molecule is CC(C)Oc1ccccc1C(=O)NC(=S)Nc1ccc(Cl)nc1. The molecule has 0 fully saturated rings. The number of carbonyl (C=O) groups excluding carboxylic acids is 1. The molecule has 0 aliphatic carbocycles. The third kappa shape index (κ3) is 5.19. The normalized spacial score (nSPS) is 10.3. The molecular formula is C16H16ClN3O2S. The molecule has 0 saturated heterocycles. The Balaban J connectivity index is 2.04. The van der Waals surface area contributed by atoms with Gasteiger partial charge in [-0.25, -0.2) is 4.98 Å². The topological polar surface area (TPSA) is 63.2 Å². The van der Waals surface area contributed by atoms with Crippen LogP contribution in [0.4, 0.5) is 5.69 Å². The number of rotatable bonds is 4. The molecule has 1 aromatic carbocycles. The highest BCUT2D eigenvalue weighted by Crippen LogP contribution is 2.19. The molecule has 1 heterocycles. The highest BCUT2D eigenvalue weighted by Gasteiger charge is 2.14. The van der Waals surface area contributed by atoms with Crippen molar-refractivity contribution in [2.75, 3.05) is 5.32 Å². The van der Waals surface area contributed by atoms with Gasteiger partial charge in [0.25, 0.3) is 5.91 Å². The number of halogens is 1. The number of ether oxygens (including phenoxy) is 1. The quantitative estimate of drug-likeness (QED) is 0.651. The molecule has 0 radical (unpaired) electrons. The average molecular weight is 350 g/mol. The predicted molar refractivity (Wildman–Crippen MR) is 95.1 cm³/mol. The second kappa shape index (κ2) is 7.89. The summed E-state index contributed by atoms with van der Waals surface area (Å²) >= 11 is 10.8. The summed E-state index contributed by atoms with van der Waals surface area (Å²) in [5.74, 6) is 0.164. The van der Waals surface area contributed by atoms with Crippen molar-refractivity contribution in [3.63, 3.8) is 0 Å². The van der Waals surface area contributed by atoms with Gasteiger partial charge in [-0.05, 0) is 50.3 Å². The van der Waals surface area contributed by atoms with Gasteiger partial charge in [0.15, 0.2) is 5.11 Å². The van der Waals surface area contributed by atoms with E-state index in [9.17, 15) is 4.79 Å². The van der Waals surface area contributed by atoms with Gasteiger partial charge < -0.3 is 10.1 Å². The van der Waals surface area contributed by atoms with Crippen molar-refractivity contribution in [3.05, 3.63) is 53.3 Å². The van der Waals surface area contributed by atoms with Crippen molar-refractivity contribution in [2.24, 2.45) is 0 Å². The summed E-state index contributed by atoms with van der Waals surface area (Å²) in [6.45, 7) is 3.79. The molecular weight excluding hydrogens is 334 g/mol. The number of benzene rings is 1. The lowest BCUT2D eigenvalue weighted by Crippen LogP contribution is -2.34. The van der Waals surface area contributed by atoms with Crippen LogP contribution >= 0.6 is 23.8 Å². The first kappa shape index (κ1) is 17.2. The summed E-state index contributed by atoms with van der Waals surface area (Å²) in [6.07, 6.45) is 1.49. The van der Waals surface area contributed by atoms with Gasteiger partial charge in [0.2, 0.25) is 0 Å². The van der Waals surface area contributed by atoms with E-state index in [2.05, 4.69) is 15.6 Å². The van der Waals surface area contributed by atoms with Crippen LogP contribution in [0.3, 0.4) is 0 Å². The summed E-state index contributed by atoms with van der Waals surface area (Å²) < 4.78 is 5.63. The fraction of sp³-hybridized carbons (Fsp3) is 0.188. The summed E-state index contributed by atoms with van der Waals surface area (Å²) in [7, 11) is 0. The number of anilines is 1. The van der Waals surface area contributed by atoms with E-state index in [4.69, 9.17) is 28.6 Å². The molecule has 0 aliphatic heterocycles. The highest BCUT2D eigenvalue weighted by molar-refractivity contribution is 7.80. The molecule has 2 N–H and O–H groups in total. The number of thiocarbonyl (C=S) groups is 1. The van der Waals surface area contributed by atoms with E-state index in [-0.39, 0.29) is 17.1 Å². The molecule has 120 valence electrons. The smallest absolute Gasteiger partial charge is 0.261 e. The predicted octanol–water partition coefficient (Wildman–Crippen LogP) is 3.65. The first-order valence-electron chi connectivity index (χ1n) is 6.95. The van der Waals surface area contributed by atoms with Gasteiger partial charge in [-0.15, -0.1) is 0 Å². The Morgan fingerprint density at radius 1 is 1.26 bits per heavy atom. The number of nitrogens with zero attached hydrogens (tertiary/aromatic N) is 1. The van der Waals surface area contributed by atoms with Crippen LogP contribution in [0.15, 0.2) is 42.6 Å².